The molecule has 4 nitrogen and oxygen atoms in total. The molecule has 0 spiro atoms. The van der Waals surface area contributed by atoms with Gasteiger partial charge in [-0.1, -0.05) is 30.3 Å². The van der Waals surface area contributed by atoms with Gasteiger partial charge in [0.05, 0.1) is 6.61 Å². The maximum absolute atomic E-state index is 11.6. The van der Waals surface area contributed by atoms with E-state index in [9.17, 15) is 8.42 Å². The lowest BCUT2D eigenvalue weighted by molar-refractivity contribution is 0.267. The number of likely N-dealkylation sites (N-methyl/N-ethyl adjacent to an activating group) is 1. The topological polar surface area (TPSA) is 57.6 Å². The molecule has 0 bridgehead atoms. The Morgan fingerprint density at radius 1 is 1.31 bits per heavy atom. The Labute approximate surface area is 95.9 Å². The Kier molecular flexibility index (Phi) is 4.67. The van der Waals surface area contributed by atoms with Gasteiger partial charge in [-0.2, -0.15) is 4.31 Å². The van der Waals surface area contributed by atoms with Gasteiger partial charge in [-0.3, -0.25) is 0 Å². The highest BCUT2D eigenvalue weighted by Gasteiger charge is 2.12. The van der Waals surface area contributed by atoms with Crippen LogP contribution in [0.15, 0.2) is 35.7 Å². The van der Waals surface area contributed by atoms with Gasteiger partial charge in [-0.25, -0.2) is 8.42 Å². The third-order valence-corrected chi connectivity index (χ3v) is 3.61. The summed E-state index contributed by atoms with van der Waals surface area (Å²) in [5.41, 5.74) is 0.823. The number of sulfonamides is 1. The largest absolute Gasteiger partial charge is 0.395 e. The third-order valence-electron chi connectivity index (χ3n) is 2.08. The highest BCUT2D eigenvalue weighted by molar-refractivity contribution is 7.92. The van der Waals surface area contributed by atoms with E-state index in [1.54, 1.807) is 0 Å². The predicted octanol–water partition coefficient (Wildman–Crippen LogP) is 0.911. The van der Waals surface area contributed by atoms with E-state index in [0.29, 0.717) is 0 Å². The normalized spacial score (nSPS) is 12.4. The van der Waals surface area contributed by atoms with Crippen LogP contribution in [-0.2, 0) is 10.0 Å². The SMILES string of the molecule is CN(CCO)S(=O)(=O)/C=C/c1ccccc1. The van der Waals surface area contributed by atoms with E-state index in [4.69, 9.17) is 5.11 Å². The van der Waals surface area contributed by atoms with Gasteiger partial charge in [0.1, 0.15) is 0 Å². The molecule has 0 unspecified atom stereocenters. The summed E-state index contributed by atoms with van der Waals surface area (Å²) in [6.07, 6.45) is 1.53. The van der Waals surface area contributed by atoms with Crippen LogP contribution >= 0.6 is 0 Å². The van der Waals surface area contributed by atoms with Crippen molar-refractivity contribution in [3.8, 4) is 0 Å². The molecule has 0 heterocycles. The van der Waals surface area contributed by atoms with Gasteiger partial charge < -0.3 is 5.11 Å². The van der Waals surface area contributed by atoms with Crippen LogP contribution in [0.1, 0.15) is 5.56 Å². The minimum Gasteiger partial charge on any atom is -0.395 e. The summed E-state index contributed by atoms with van der Waals surface area (Å²) >= 11 is 0. The first-order chi connectivity index (χ1) is 7.56. The quantitative estimate of drug-likeness (QED) is 0.833. The molecule has 0 fully saturated rings. The molecule has 0 saturated heterocycles. The number of hydrogen-bond donors (Lipinski definition) is 1. The van der Waals surface area contributed by atoms with E-state index in [1.165, 1.54) is 13.1 Å². The molecule has 1 rings (SSSR count). The van der Waals surface area contributed by atoms with Crippen molar-refractivity contribution in [1.82, 2.24) is 4.31 Å². The molecular formula is C11H15NO3S. The van der Waals surface area contributed by atoms with Crippen LogP contribution in [0.5, 0.6) is 0 Å². The van der Waals surface area contributed by atoms with Crippen LogP contribution in [-0.4, -0.2) is 38.0 Å². The van der Waals surface area contributed by atoms with Crippen LogP contribution < -0.4 is 0 Å². The fourth-order valence-electron chi connectivity index (χ4n) is 1.10. The lowest BCUT2D eigenvalue weighted by Gasteiger charge is -2.12. The number of aliphatic hydroxyl groups is 1. The Morgan fingerprint density at radius 2 is 1.94 bits per heavy atom. The second-order valence-electron chi connectivity index (χ2n) is 3.30. The van der Waals surface area contributed by atoms with Crippen molar-refractivity contribution in [2.75, 3.05) is 20.2 Å². The molecule has 0 radical (unpaired) electrons. The average molecular weight is 241 g/mol. The summed E-state index contributed by atoms with van der Waals surface area (Å²) in [4.78, 5) is 0. The number of rotatable bonds is 5. The highest BCUT2D eigenvalue weighted by Crippen LogP contribution is 2.05. The smallest absolute Gasteiger partial charge is 0.236 e. The molecular weight excluding hydrogens is 226 g/mol. The summed E-state index contributed by atoms with van der Waals surface area (Å²) < 4.78 is 24.3. The minimum atomic E-state index is -3.43. The molecule has 0 aliphatic rings. The molecule has 0 aliphatic carbocycles. The molecule has 0 aromatic heterocycles. The maximum atomic E-state index is 11.6. The molecule has 0 saturated carbocycles. The summed E-state index contributed by atoms with van der Waals surface area (Å²) in [7, 11) is -2.00. The summed E-state index contributed by atoms with van der Waals surface area (Å²) in [6, 6.07) is 9.17. The molecule has 5 heteroatoms. The first-order valence-corrected chi connectivity index (χ1v) is 6.37. The van der Waals surface area contributed by atoms with E-state index in [2.05, 4.69) is 0 Å². The second-order valence-corrected chi connectivity index (χ2v) is 5.23. The van der Waals surface area contributed by atoms with Gasteiger partial charge in [0.25, 0.3) is 0 Å². The van der Waals surface area contributed by atoms with E-state index in [0.717, 1.165) is 15.3 Å². The molecule has 0 atom stereocenters. The van der Waals surface area contributed by atoms with Crippen LogP contribution in [0.2, 0.25) is 0 Å². The van der Waals surface area contributed by atoms with Gasteiger partial charge in [0.15, 0.2) is 0 Å². The van der Waals surface area contributed by atoms with Crippen molar-refractivity contribution in [2.24, 2.45) is 0 Å². The second kappa shape index (κ2) is 5.79. The standard InChI is InChI=1S/C11H15NO3S/c1-12(8-9-13)16(14,15)10-7-11-5-3-2-4-6-11/h2-7,10,13H,8-9H2,1H3/b10-7+. The van der Waals surface area contributed by atoms with Crippen molar-refractivity contribution in [2.45, 2.75) is 0 Å². The minimum absolute atomic E-state index is 0.0987. The van der Waals surface area contributed by atoms with Gasteiger partial charge in [0.2, 0.25) is 10.0 Å². The summed E-state index contributed by atoms with van der Waals surface area (Å²) in [6.45, 7) is -0.0869. The van der Waals surface area contributed by atoms with Crippen molar-refractivity contribution in [3.63, 3.8) is 0 Å². The Morgan fingerprint density at radius 3 is 2.50 bits per heavy atom. The molecule has 1 N–H and O–H groups in total. The lowest BCUT2D eigenvalue weighted by atomic mass is 10.2. The average Bonchev–Trinajstić information content (AvgIpc) is 2.28. The molecule has 0 amide bonds. The zero-order chi connectivity index (χ0) is 12.0. The fraction of sp³-hybridized carbons (Fsp3) is 0.273. The third kappa shape index (κ3) is 3.77. The Bertz CT molecular complexity index is 440. The van der Waals surface area contributed by atoms with Crippen LogP contribution in [0.3, 0.4) is 0 Å². The zero-order valence-corrected chi connectivity index (χ0v) is 9.89. The number of nitrogens with zero attached hydrogens (tertiary/aromatic N) is 1. The Hall–Kier alpha value is -1.17. The highest BCUT2D eigenvalue weighted by atomic mass is 32.2. The molecule has 16 heavy (non-hydrogen) atoms. The van der Waals surface area contributed by atoms with Crippen LogP contribution in [0.25, 0.3) is 6.08 Å². The maximum Gasteiger partial charge on any atom is 0.236 e. The molecule has 1 aromatic carbocycles. The van der Waals surface area contributed by atoms with Crippen molar-refractivity contribution < 1.29 is 13.5 Å². The molecule has 0 aliphatic heterocycles. The van der Waals surface area contributed by atoms with E-state index >= 15 is 0 Å². The summed E-state index contributed by atoms with van der Waals surface area (Å²) in [5, 5.41) is 9.79. The van der Waals surface area contributed by atoms with Gasteiger partial charge in [-0.15, -0.1) is 0 Å². The van der Waals surface area contributed by atoms with E-state index in [-0.39, 0.29) is 13.2 Å². The van der Waals surface area contributed by atoms with Crippen molar-refractivity contribution >= 4 is 16.1 Å². The van der Waals surface area contributed by atoms with Gasteiger partial charge >= 0.3 is 0 Å². The van der Waals surface area contributed by atoms with Crippen molar-refractivity contribution in [1.29, 1.82) is 0 Å². The van der Waals surface area contributed by atoms with Crippen LogP contribution in [0, 0.1) is 0 Å². The first-order valence-electron chi connectivity index (χ1n) is 4.86. The zero-order valence-electron chi connectivity index (χ0n) is 9.07. The van der Waals surface area contributed by atoms with E-state index in [1.807, 2.05) is 30.3 Å². The molecule has 1 aromatic rings. The number of hydrogen-bond acceptors (Lipinski definition) is 3. The Balaban J connectivity index is 2.77. The fourth-order valence-corrected chi connectivity index (χ4v) is 1.97. The first kappa shape index (κ1) is 12.9. The van der Waals surface area contributed by atoms with Gasteiger partial charge in [-0.05, 0) is 11.6 Å². The monoisotopic (exact) mass is 241 g/mol. The van der Waals surface area contributed by atoms with Crippen LogP contribution in [0.4, 0.5) is 0 Å². The number of aliphatic hydroxyl groups excluding tert-OH is 1. The lowest BCUT2D eigenvalue weighted by Crippen LogP contribution is -2.27. The number of benzene rings is 1. The summed E-state index contributed by atoms with van der Waals surface area (Å²) in [5.74, 6) is 0. The van der Waals surface area contributed by atoms with Gasteiger partial charge in [0, 0.05) is 19.0 Å². The predicted molar refractivity (Wildman–Crippen MR) is 64.1 cm³/mol. The molecule has 88 valence electrons. The van der Waals surface area contributed by atoms with Crippen molar-refractivity contribution in [3.05, 3.63) is 41.3 Å². The van der Waals surface area contributed by atoms with E-state index < -0.39 is 10.0 Å².